The molecule has 6 atom stereocenters. The van der Waals surface area contributed by atoms with E-state index in [9.17, 15) is 29.9 Å². The second-order valence-corrected chi connectivity index (χ2v) is 13.7. The van der Waals surface area contributed by atoms with Crippen LogP contribution in [0.4, 0.5) is 0 Å². The number of hydrogen-bond donors (Lipinski definition) is 3. The number of nitriles is 1. The number of piperazine rings is 1. The lowest BCUT2D eigenvalue weighted by molar-refractivity contribution is -0.125. The zero-order chi connectivity index (χ0) is 35.3. The Bertz CT molecular complexity index is 2020. The Kier molecular flexibility index (Phi) is 7.25. The van der Waals surface area contributed by atoms with Gasteiger partial charge in [0, 0.05) is 40.9 Å². The molecular weight excluding hydrogens is 642 g/mol. The predicted octanol–water partition coefficient (Wildman–Crippen LogP) is 3.02. The Morgan fingerprint density at radius 1 is 1.06 bits per heavy atom. The molecule has 1 fully saturated rings. The Morgan fingerprint density at radius 3 is 2.40 bits per heavy atom. The van der Waals surface area contributed by atoms with E-state index in [1.165, 1.54) is 14.0 Å². The predicted molar refractivity (Wildman–Crippen MR) is 177 cm³/mol. The topological polar surface area (TPSA) is 165 Å². The number of aryl methyl sites for hydroxylation is 1. The smallest absolute Gasteiger partial charge is 0.262 e. The van der Waals surface area contributed by atoms with Crippen molar-refractivity contribution in [1.82, 2.24) is 20.0 Å². The zero-order valence-electron chi connectivity index (χ0n) is 28.3. The fourth-order valence-electron chi connectivity index (χ4n) is 9.06. The number of aromatic hydroxyl groups is 2. The van der Waals surface area contributed by atoms with E-state index < -0.39 is 47.9 Å². The molecule has 0 radical (unpaired) electrons. The fraction of sp³-hybridized carbons (Fsp3) is 0.405. The molecule has 3 amide bonds. The first-order chi connectivity index (χ1) is 24.0. The molecule has 258 valence electrons. The average Bonchev–Trinajstić information content (AvgIpc) is 3.69. The monoisotopic (exact) mass is 679 g/mol. The molecule has 3 N–H and O–H groups in total. The lowest BCUT2D eigenvalue weighted by Crippen LogP contribution is -2.69. The summed E-state index contributed by atoms with van der Waals surface area (Å²) in [6.07, 6.45) is 0.797. The van der Waals surface area contributed by atoms with Gasteiger partial charge in [0.05, 0.1) is 36.4 Å². The van der Waals surface area contributed by atoms with Gasteiger partial charge in [-0.1, -0.05) is 18.2 Å². The Balaban J connectivity index is 1.22. The number of phenols is 2. The van der Waals surface area contributed by atoms with Crippen LogP contribution in [0.2, 0.25) is 0 Å². The highest BCUT2D eigenvalue weighted by Crippen LogP contribution is 2.58. The van der Waals surface area contributed by atoms with E-state index in [4.69, 9.17) is 14.2 Å². The molecule has 3 aromatic rings. The molecule has 0 unspecified atom stereocenters. The number of rotatable bonds is 5. The molecule has 50 heavy (non-hydrogen) atoms. The largest absolute Gasteiger partial charge is 0.507 e. The highest BCUT2D eigenvalue weighted by molar-refractivity contribution is 6.22. The summed E-state index contributed by atoms with van der Waals surface area (Å²) in [5.41, 5.74) is 4.67. The van der Waals surface area contributed by atoms with Crippen molar-refractivity contribution in [1.29, 1.82) is 5.26 Å². The first-order valence-electron chi connectivity index (χ1n) is 16.7. The van der Waals surface area contributed by atoms with E-state index in [2.05, 4.69) is 21.2 Å². The van der Waals surface area contributed by atoms with Crippen molar-refractivity contribution < 1.29 is 38.8 Å². The van der Waals surface area contributed by atoms with Crippen LogP contribution in [0.15, 0.2) is 30.3 Å². The van der Waals surface area contributed by atoms with E-state index in [1.807, 2.05) is 20.0 Å². The van der Waals surface area contributed by atoms with Gasteiger partial charge in [-0.25, -0.2) is 0 Å². The minimum Gasteiger partial charge on any atom is -0.507 e. The summed E-state index contributed by atoms with van der Waals surface area (Å²) in [5, 5.41) is 37.2. The quantitative estimate of drug-likeness (QED) is 0.340. The summed E-state index contributed by atoms with van der Waals surface area (Å²) in [6.45, 7) is 5.05. The number of nitrogens with zero attached hydrogens (tertiary/aromatic N) is 4. The number of benzene rings is 3. The van der Waals surface area contributed by atoms with Crippen LogP contribution in [0.1, 0.15) is 73.1 Å². The van der Waals surface area contributed by atoms with Crippen molar-refractivity contribution in [3.05, 3.63) is 74.8 Å². The number of ether oxygens (including phenoxy) is 3. The molecule has 2 bridgehead atoms. The van der Waals surface area contributed by atoms with Gasteiger partial charge in [0.1, 0.15) is 17.8 Å². The standard InChI is InChI=1S/C37H37N5O8/c1-16-10-19-11-23-25(13-38)42-24(29(40(23)4)27(19)31(44)32(16)48-5)12-22-28(34-33(49-15-50-34)17(2)30(22)43)26(42)14-39-35(45)18(3)41-36(46)20-8-6-7-9-21(20)37(41)47/h6-10,18,23-26,29,43-44H,11-12,14-15H2,1-5H3,(H,39,45)/t18-,23-,24-,25-,26-,29-/m0/s1. The molecular formula is C37H37N5O8. The summed E-state index contributed by atoms with van der Waals surface area (Å²) in [5.74, 6) is -0.317. The maximum absolute atomic E-state index is 13.9. The number of likely N-dealkylation sites (N-methyl/N-ethyl adjacent to an activating group) is 1. The van der Waals surface area contributed by atoms with E-state index in [-0.39, 0.29) is 42.0 Å². The number of fused-ring (bicyclic) bond motifs is 10. The summed E-state index contributed by atoms with van der Waals surface area (Å²) in [4.78, 5) is 45.5. The van der Waals surface area contributed by atoms with Crippen LogP contribution in [0.5, 0.6) is 28.7 Å². The van der Waals surface area contributed by atoms with Gasteiger partial charge in [0.25, 0.3) is 11.8 Å². The normalized spacial score (nSPS) is 25.3. The Hall–Kier alpha value is -5.32. The van der Waals surface area contributed by atoms with Crippen LogP contribution in [-0.4, -0.2) is 94.3 Å². The number of phenolic OH excluding ortho intramolecular Hbond substituents is 2. The fourth-order valence-corrected chi connectivity index (χ4v) is 9.06. The Morgan fingerprint density at radius 2 is 1.74 bits per heavy atom. The average molecular weight is 680 g/mol. The van der Waals surface area contributed by atoms with Crippen LogP contribution in [0.25, 0.3) is 0 Å². The summed E-state index contributed by atoms with van der Waals surface area (Å²) in [7, 11) is 3.47. The number of carbonyl (C=O) groups is 3. The number of methoxy groups -OCH3 is 1. The van der Waals surface area contributed by atoms with Crippen LogP contribution in [-0.2, 0) is 17.6 Å². The van der Waals surface area contributed by atoms with Gasteiger partial charge in [-0.15, -0.1) is 0 Å². The number of carbonyl (C=O) groups excluding carboxylic acids is 3. The summed E-state index contributed by atoms with van der Waals surface area (Å²) < 4.78 is 17.4. The van der Waals surface area contributed by atoms with Crippen molar-refractivity contribution in [2.24, 2.45) is 0 Å². The van der Waals surface area contributed by atoms with Crippen LogP contribution >= 0.6 is 0 Å². The van der Waals surface area contributed by atoms with E-state index >= 15 is 0 Å². The maximum Gasteiger partial charge on any atom is 0.262 e. The van der Waals surface area contributed by atoms with Gasteiger partial charge in [0.15, 0.2) is 23.0 Å². The molecule has 8 rings (SSSR count). The number of amides is 3. The van der Waals surface area contributed by atoms with Crippen LogP contribution in [0, 0.1) is 25.2 Å². The minimum atomic E-state index is -1.13. The second-order valence-electron chi connectivity index (χ2n) is 13.7. The number of imide groups is 1. The van der Waals surface area contributed by atoms with E-state index in [0.717, 1.165) is 16.0 Å². The number of hydrogen-bond acceptors (Lipinski definition) is 11. The highest BCUT2D eigenvalue weighted by Gasteiger charge is 2.57. The molecule has 0 spiro atoms. The van der Waals surface area contributed by atoms with Crippen molar-refractivity contribution in [2.45, 2.75) is 69.9 Å². The second kappa shape index (κ2) is 11.4. The van der Waals surface area contributed by atoms with E-state index in [0.29, 0.717) is 52.3 Å². The SMILES string of the molecule is COc1c(C)cc2c(c1O)[C@@H]1[C@@H]3Cc4c(O)c(C)c5c(c4[C@H](CNC(=O)[C@H](C)N4C(=O)c6ccccc6C4=O)N3[C@@H](C#N)[C@H](C2)N1C)OCO5. The van der Waals surface area contributed by atoms with Crippen molar-refractivity contribution >= 4 is 17.7 Å². The third-order valence-electron chi connectivity index (χ3n) is 11.4. The van der Waals surface area contributed by atoms with Crippen LogP contribution in [0.3, 0.4) is 0 Å². The van der Waals surface area contributed by atoms with Gasteiger partial charge >= 0.3 is 0 Å². The number of nitrogens with one attached hydrogen (secondary N) is 1. The molecule has 5 aliphatic rings. The van der Waals surface area contributed by atoms with Crippen molar-refractivity contribution in [2.75, 3.05) is 27.5 Å². The minimum absolute atomic E-state index is 0.0362. The Labute approximate surface area is 288 Å². The summed E-state index contributed by atoms with van der Waals surface area (Å²) in [6, 6.07) is 7.44. The highest BCUT2D eigenvalue weighted by atomic mass is 16.7. The molecule has 0 aliphatic carbocycles. The summed E-state index contributed by atoms with van der Waals surface area (Å²) >= 11 is 0. The van der Waals surface area contributed by atoms with Gasteiger partial charge < -0.3 is 29.7 Å². The van der Waals surface area contributed by atoms with Crippen molar-refractivity contribution in [3.8, 4) is 34.8 Å². The van der Waals surface area contributed by atoms with Gasteiger partial charge in [-0.3, -0.25) is 29.1 Å². The molecule has 5 aliphatic heterocycles. The van der Waals surface area contributed by atoms with Crippen LogP contribution < -0.4 is 19.5 Å². The lowest BCUT2D eigenvalue weighted by atomic mass is 9.71. The molecule has 0 aromatic heterocycles. The van der Waals surface area contributed by atoms with Gasteiger partial charge in [-0.2, -0.15) is 5.26 Å². The first kappa shape index (κ1) is 31.9. The lowest BCUT2D eigenvalue weighted by Gasteiger charge is -2.60. The molecule has 0 saturated carbocycles. The maximum atomic E-state index is 13.9. The zero-order valence-corrected chi connectivity index (χ0v) is 28.3. The molecule has 1 saturated heterocycles. The molecule has 13 nitrogen and oxygen atoms in total. The molecule has 5 heterocycles. The van der Waals surface area contributed by atoms with Gasteiger partial charge in [-0.05, 0) is 63.9 Å². The molecule has 13 heteroatoms. The first-order valence-corrected chi connectivity index (χ1v) is 16.7. The molecule has 3 aromatic carbocycles. The van der Waals surface area contributed by atoms with E-state index in [1.54, 1.807) is 31.2 Å². The third kappa shape index (κ3) is 4.21. The van der Waals surface area contributed by atoms with Crippen molar-refractivity contribution in [3.63, 3.8) is 0 Å². The van der Waals surface area contributed by atoms with Gasteiger partial charge in [0.2, 0.25) is 12.7 Å². The third-order valence-corrected chi connectivity index (χ3v) is 11.4.